The summed E-state index contributed by atoms with van der Waals surface area (Å²) in [6.45, 7) is 1.10. The summed E-state index contributed by atoms with van der Waals surface area (Å²) in [6.07, 6.45) is -0.625. The summed E-state index contributed by atoms with van der Waals surface area (Å²) in [7, 11) is 0. The van der Waals surface area contributed by atoms with Crippen LogP contribution in [0.4, 0.5) is 0 Å². The molecule has 0 heterocycles. The largest absolute Gasteiger partial charge is 0.481 e. The van der Waals surface area contributed by atoms with E-state index < -0.39 is 90.9 Å². The number of carbonyl (C=O) groups excluding carboxylic acids is 5. The van der Waals surface area contributed by atoms with Crippen molar-refractivity contribution in [3.63, 3.8) is 0 Å². The van der Waals surface area contributed by atoms with Crippen LogP contribution in [0.15, 0.2) is 0 Å². The van der Waals surface area contributed by atoms with Gasteiger partial charge in [0.1, 0.15) is 24.2 Å². The first-order valence-corrected chi connectivity index (χ1v) is 13.2. The van der Waals surface area contributed by atoms with E-state index in [-0.39, 0.29) is 25.7 Å². The molecule has 0 radical (unpaired) electrons. The number of aliphatic carboxylic acids is 3. The molecule has 0 bridgehead atoms. The lowest BCUT2D eigenvalue weighted by molar-refractivity contribution is -0.142. The number of thioether (sulfide) groups is 1. The molecule has 9 N–H and O–H groups in total. The number of carboxylic acids is 3. The number of primary amides is 1. The van der Waals surface area contributed by atoms with Crippen LogP contribution in [-0.2, 0) is 38.4 Å². The summed E-state index contributed by atoms with van der Waals surface area (Å²) >= 11 is 1.32. The Hall–Kier alpha value is -3.89. The monoisotopic (exact) mass is 577 g/mol. The fourth-order valence-corrected chi connectivity index (χ4v) is 3.66. The van der Waals surface area contributed by atoms with Gasteiger partial charge in [0, 0.05) is 26.2 Å². The molecule has 0 saturated heterocycles. The van der Waals surface area contributed by atoms with E-state index in [0.717, 1.165) is 6.92 Å². The number of amides is 5. The van der Waals surface area contributed by atoms with E-state index in [9.17, 15) is 43.5 Å². The topological polar surface area (TPSA) is 271 Å². The molecule has 39 heavy (non-hydrogen) atoms. The molecular weight excluding hydrogens is 542 g/mol. The number of hydrogen-bond acceptors (Lipinski definition) is 9. The first-order chi connectivity index (χ1) is 18.2. The van der Waals surface area contributed by atoms with Crippen LogP contribution in [0.3, 0.4) is 0 Å². The first-order valence-electron chi connectivity index (χ1n) is 11.8. The zero-order chi connectivity index (χ0) is 30.1. The Labute approximate surface area is 228 Å². The molecule has 0 spiro atoms. The quantitative estimate of drug-likeness (QED) is 0.0764. The van der Waals surface area contributed by atoms with Crippen molar-refractivity contribution in [2.24, 2.45) is 5.73 Å². The second-order valence-corrected chi connectivity index (χ2v) is 9.41. The average molecular weight is 578 g/mol. The van der Waals surface area contributed by atoms with E-state index in [4.69, 9.17) is 15.9 Å². The highest BCUT2D eigenvalue weighted by Crippen LogP contribution is 2.07. The van der Waals surface area contributed by atoms with E-state index >= 15 is 0 Å². The maximum Gasteiger partial charge on any atom is 0.326 e. The van der Waals surface area contributed by atoms with E-state index in [1.54, 1.807) is 6.26 Å². The standard InChI is InChI=1S/C22H35N5O11S/c1-11(28)24-12(4-7-17(30)31)19(34)25-13(5-8-18(32)33)20(35)26-14(9-10-39-2)21(36)27-15(22(37)38)3-6-16(23)29/h12-15H,3-10H2,1-2H3,(H2,23,29)(H,24,28)(H,25,34)(H,26,35)(H,27,36)(H,30,31)(H,32,33)(H,37,38)/t12-,13-,14-,15-/m0/s1. The third kappa shape index (κ3) is 15.8. The zero-order valence-electron chi connectivity index (χ0n) is 21.6. The number of carbonyl (C=O) groups is 8. The Kier molecular flexibility index (Phi) is 16.5. The van der Waals surface area contributed by atoms with Crippen LogP contribution in [0.1, 0.15) is 51.9 Å². The fraction of sp³-hybridized carbons (Fsp3) is 0.636. The third-order valence-corrected chi connectivity index (χ3v) is 5.80. The van der Waals surface area contributed by atoms with Crippen LogP contribution >= 0.6 is 11.8 Å². The minimum Gasteiger partial charge on any atom is -0.481 e. The second kappa shape index (κ2) is 18.4. The average Bonchev–Trinajstić information content (AvgIpc) is 2.83. The van der Waals surface area contributed by atoms with Gasteiger partial charge in [0.2, 0.25) is 29.5 Å². The second-order valence-electron chi connectivity index (χ2n) is 8.43. The van der Waals surface area contributed by atoms with E-state index in [0.29, 0.717) is 5.75 Å². The summed E-state index contributed by atoms with van der Waals surface area (Å²) in [5.41, 5.74) is 5.03. The Morgan fingerprint density at radius 1 is 0.641 bits per heavy atom. The van der Waals surface area contributed by atoms with Gasteiger partial charge in [-0.05, 0) is 37.7 Å². The first kappa shape index (κ1) is 35.1. The van der Waals surface area contributed by atoms with Gasteiger partial charge >= 0.3 is 17.9 Å². The Bertz CT molecular complexity index is 930. The molecule has 5 amide bonds. The van der Waals surface area contributed by atoms with E-state index in [1.165, 1.54) is 11.8 Å². The normalized spacial score (nSPS) is 13.6. The van der Waals surface area contributed by atoms with Crippen LogP contribution in [0.5, 0.6) is 0 Å². The lowest BCUT2D eigenvalue weighted by atomic mass is 10.1. The molecule has 0 aromatic heterocycles. The maximum atomic E-state index is 13.1. The summed E-state index contributed by atoms with van der Waals surface area (Å²) in [5, 5.41) is 36.5. The molecule has 0 unspecified atom stereocenters. The van der Waals surface area contributed by atoms with E-state index in [2.05, 4.69) is 21.3 Å². The molecule has 0 aromatic rings. The van der Waals surface area contributed by atoms with Gasteiger partial charge in [-0.15, -0.1) is 0 Å². The maximum absolute atomic E-state index is 13.1. The lowest BCUT2D eigenvalue weighted by Gasteiger charge is -2.25. The SMILES string of the molecule is CSCC[C@H](NC(=O)[C@H](CCC(=O)O)NC(=O)[C@H](CCC(=O)O)NC(C)=O)C(=O)N[C@@H](CCC(N)=O)C(=O)O. The van der Waals surface area contributed by atoms with Gasteiger partial charge in [-0.25, -0.2) is 4.79 Å². The smallest absolute Gasteiger partial charge is 0.326 e. The fourth-order valence-electron chi connectivity index (χ4n) is 3.18. The molecule has 0 aliphatic carbocycles. The molecule has 0 saturated carbocycles. The van der Waals surface area contributed by atoms with Gasteiger partial charge in [0.15, 0.2) is 0 Å². The highest BCUT2D eigenvalue weighted by atomic mass is 32.2. The van der Waals surface area contributed by atoms with Crippen molar-refractivity contribution in [3.8, 4) is 0 Å². The highest BCUT2D eigenvalue weighted by molar-refractivity contribution is 7.98. The molecule has 0 aliphatic rings. The zero-order valence-corrected chi connectivity index (χ0v) is 22.4. The predicted octanol–water partition coefficient (Wildman–Crippen LogP) is -2.22. The Balaban J connectivity index is 5.77. The van der Waals surface area contributed by atoms with Gasteiger partial charge < -0.3 is 42.3 Å². The summed E-state index contributed by atoms with van der Waals surface area (Å²) in [5.74, 6) is -7.84. The molecule has 0 fully saturated rings. The Morgan fingerprint density at radius 2 is 1.03 bits per heavy atom. The van der Waals surface area contributed by atoms with Gasteiger partial charge in [-0.3, -0.25) is 33.6 Å². The van der Waals surface area contributed by atoms with Gasteiger partial charge in [0.25, 0.3) is 0 Å². The van der Waals surface area contributed by atoms with Gasteiger partial charge in [-0.1, -0.05) is 0 Å². The van der Waals surface area contributed by atoms with Crippen LogP contribution < -0.4 is 27.0 Å². The van der Waals surface area contributed by atoms with Crippen molar-refractivity contribution in [2.45, 2.75) is 76.0 Å². The number of nitrogens with one attached hydrogen (secondary N) is 4. The summed E-state index contributed by atoms with van der Waals surface area (Å²) in [4.78, 5) is 94.6. The van der Waals surface area contributed by atoms with Crippen LogP contribution in [-0.4, -0.2) is 98.9 Å². The molecule has 0 aromatic carbocycles. The van der Waals surface area contributed by atoms with Gasteiger partial charge in [-0.2, -0.15) is 11.8 Å². The van der Waals surface area contributed by atoms with Crippen LogP contribution in [0, 0.1) is 0 Å². The number of rotatable bonds is 20. The molecular formula is C22H35N5O11S. The predicted molar refractivity (Wildman–Crippen MR) is 136 cm³/mol. The molecule has 220 valence electrons. The summed E-state index contributed by atoms with van der Waals surface area (Å²) in [6, 6.07) is -5.60. The minimum atomic E-state index is -1.50. The Morgan fingerprint density at radius 3 is 1.38 bits per heavy atom. The van der Waals surface area contributed by atoms with Crippen LogP contribution in [0.2, 0.25) is 0 Å². The third-order valence-electron chi connectivity index (χ3n) is 5.16. The van der Waals surface area contributed by atoms with Crippen molar-refractivity contribution in [1.29, 1.82) is 0 Å². The number of nitrogens with two attached hydrogens (primary N) is 1. The van der Waals surface area contributed by atoms with Crippen molar-refractivity contribution in [3.05, 3.63) is 0 Å². The molecule has 17 heteroatoms. The van der Waals surface area contributed by atoms with Crippen molar-refractivity contribution in [1.82, 2.24) is 21.3 Å². The summed E-state index contributed by atoms with van der Waals surface area (Å²) < 4.78 is 0. The molecule has 0 rings (SSSR count). The van der Waals surface area contributed by atoms with Crippen molar-refractivity contribution < 1.29 is 53.7 Å². The number of carboxylic acid groups (broad SMARTS) is 3. The van der Waals surface area contributed by atoms with Crippen LogP contribution in [0.25, 0.3) is 0 Å². The molecule has 4 atom stereocenters. The molecule has 0 aliphatic heterocycles. The van der Waals surface area contributed by atoms with E-state index in [1.807, 2.05) is 0 Å². The lowest BCUT2D eigenvalue weighted by Crippen LogP contribution is -2.57. The van der Waals surface area contributed by atoms with Crippen molar-refractivity contribution >= 4 is 59.2 Å². The number of hydrogen-bond donors (Lipinski definition) is 8. The minimum absolute atomic E-state index is 0.0353. The van der Waals surface area contributed by atoms with Crippen molar-refractivity contribution in [2.75, 3.05) is 12.0 Å². The molecule has 16 nitrogen and oxygen atoms in total. The van der Waals surface area contributed by atoms with Gasteiger partial charge in [0.05, 0.1) is 0 Å². The highest BCUT2D eigenvalue weighted by Gasteiger charge is 2.31.